The van der Waals surface area contributed by atoms with Gasteiger partial charge in [0.25, 0.3) is 0 Å². The van der Waals surface area contributed by atoms with Crippen LogP contribution in [-0.2, 0) is 22.6 Å². The molecule has 182 valence electrons. The zero-order valence-electron chi connectivity index (χ0n) is 20.4. The Morgan fingerprint density at radius 2 is 1.97 bits per heavy atom. The van der Waals surface area contributed by atoms with E-state index in [1.165, 1.54) is 5.69 Å². The minimum Gasteiger partial charge on any atom is -0.480 e. The van der Waals surface area contributed by atoms with Crippen molar-refractivity contribution in [1.82, 2.24) is 14.4 Å². The highest BCUT2D eigenvalue weighted by molar-refractivity contribution is 5.84. The average molecular weight is 465 g/mol. The van der Waals surface area contributed by atoms with Crippen LogP contribution in [0.25, 0.3) is 10.9 Å². The lowest BCUT2D eigenvalue weighted by Gasteiger charge is -2.34. The minimum atomic E-state index is -0.813. The first-order valence-corrected chi connectivity index (χ1v) is 12.8. The molecule has 2 aromatic rings. The van der Waals surface area contributed by atoms with Crippen molar-refractivity contribution in [3.63, 3.8) is 0 Å². The lowest BCUT2D eigenvalue weighted by molar-refractivity contribution is -0.147. The van der Waals surface area contributed by atoms with Crippen molar-refractivity contribution in [2.24, 2.45) is 0 Å². The number of benzene rings is 1. The number of nitriles is 1. The van der Waals surface area contributed by atoms with Crippen LogP contribution < -0.4 is 0 Å². The molecule has 2 aliphatic heterocycles. The first-order chi connectivity index (χ1) is 16.5. The fourth-order valence-corrected chi connectivity index (χ4v) is 6.03. The molecule has 3 heterocycles. The Morgan fingerprint density at radius 1 is 1.18 bits per heavy atom. The summed E-state index contributed by atoms with van der Waals surface area (Å²) in [6, 6.07) is 9.59. The highest BCUT2D eigenvalue weighted by Gasteiger charge is 2.42. The highest BCUT2D eigenvalue weighted by atomic mass is 16.4. The number of carboxylic acid groups (broad SMARTS) is 1. The number of likely N-dealkylation sites (tertiary alicyclic amines) is 2. The standard InChI is InChI=1S/C27H36N4O3/c1-3-7-24(27(33)34)31-15-6-9-23(31)26(32)30-14-5-8-21(30)12-13-22-17-20-11-10-19(18-28)16-25(20)29(22)4-2/h10-11,16-17,21,23-24H,3-9,12-15H2,1-2H3,(H,33,34)/t21-,23+,24?/m0/s1. The van der Waals surface area contributed by atoms with E-state index >= 15 is 0 Å². The summed E-state index contributed by atoms with van der Waals surface area (Å²) in [5, 5.41) is 20.2. The normalized spacial score (nSPS) is 21.7. The number of rotatable bonds is 9. The van der Waals surface area contributed by atoms with Crippen molar-refractivity contribution >= 4 is 22.8 Å². The van der Waals surface area contributed by atoms with Crippen LogP contribution in [0.5, 0.6) is 0 Å². The van der Waals surface area contributed by atoms with Gasteiger partial charge >= 0.3 is 5.97 Å². The SMILES string of the molecule is CCCC(C(=O)O)N1CCC[C@@H]1C(=O)N1CCC[C@H]1CCc1cc2ccc(C#N)cc2n1CC. The van der Waals surface area contributed by atoms with Gasteiger partial charge in [-0.05, 0) is 82.0 Å². The number of carbonyl (C=O) groups is 2. The van der Waals surface area contributed by atoms with E-state index in [1.807, 2.05) is 34.9 Å². The van der Waals surface area contributed by atoms with Gasteiger partial charge in [0.1, 0.15) is 6.04 Å². The molecule has 1 amide bonds. The molecule has 2 saturated heterocycles. The third-order valence-corrected chi connectivity index (χ3v) is 7.66. The van der Waals surface area contributed by atoms with E-state index in [9.17, 15) is 20.0 Å². The van der Waals surface area contributed by atoms with E-state index in [4.69, 9.17) is 0 Å². The van der Waals surface area contributed by atoms with Crippen molar-refractivity contribution in [2.75, 3.05) is 13.1 Å². The summed E-state index contributed by atoms with van der Waals surface area (Å²) in [7, 11) is 0. The van der Waals surface area contributed by atoms with E-state index in [1.54, 1.807) is 0 Å². The molecule has 7 nitrogen and oxygen atoms in total. The molecule has 0 spiro atoms. The summed E-state index contributed by atoms with van der Waals surface area (Å²) < 4.78 is 2.28. The van der Waals surface area contributed by atoms with Gasteiger partial charge in [-0.2, -0.15) is 5.26 Å². The summed E-state index contributed by atoms with van der Waals surface area (Å²) in [5.41, 5.74) is 3.00. The maximum absolute atomic E-state index is 13.6. The number of fused-ring (bicyclic) bond motifs is 1. The Kier molecular flexibility index (Phi) is 7.57. The highest BCUT2D eigenvalue weighted by Crippen LogP contribution is 2.30. The molecule has 4 rings (SSSR count). The number of carbonyl (C=O) groups excluding carboxylic acids is 1. The van der Waals surface area contributed by atoms with Crippen LogP contribution in [0.3, 0.4) is 0 Å². The second kappa shape index (κ2) is 10.6. The Labute approximate surface area is 201 Å². The molecular weight excluding hydrogens is 428 g/mol. The third kappa shape index (κ3) is 4.69. The number of aryl methyl sites for hydroxylation is 2. The average Bonchev–Trinajstić information content (AvgIpc) is 3.57. The molecule has 34 heavy (non-hydrogen) atoms. The molecule has 0 saturated carbocycles. The molecule has 1 aromatic carbocycles. The second-order valence-electron chi connectivity index (χ2n) is 9.67. The van der Waals surface area contributed by atoms with Crippen molar-refractivity contribution < 1.29 is 14.7 Å². The summed E-state index contributed by atoms with van der Waals surface area (Å²) in [6.07, 6.45) is 6.78. The van der Waals surface area contributed by atoms with Gasteiger partial charge in [-0.15, -0.1) is 0 Å². The number of carboxylic acids is 1. The maximum Gasteiger partial charge on any atom is 0.320 e. The van der Waals surface area contributed by atoms with E-state index in [0.717, 1.165) is 68.9 Å². The predicted octanol–water partition coefficient (Wildman–Crippen LogP) is 4.17. The van der Waals surface area contributed by atoms with Crippen LogP contribution in [0.2, 0.25) is 0 Å². The molecule has 1 unspecified atom stereocenters. The number of hydrogen-bond donors (Lipinski definition) is 1. The molecule has 1 N–H and O–H groups in total. The molecule has 2 fully saturated rings. The minimum absolute atomic E-state index is 0.122. The third-order valence-electron chi connectivity index (χ3n) is 7.66. The number of aliphatic carboxylic acids is 1. The quantitative estimate of drug-likeness (QED) is 0.601. The lowest BCUT2D eigenvalue weighted by atomic mass is 10.0. The molecule has 7 heteroatoms. The molecule has 0 aliphatic carbocycles. The molecule has 2 aliphatic rings. The van der Waals surface area contributed by atoms with Crippen molar-refractivity contribution in [1.29, 1.82) is 5.26 Å². The zero-order valence-corrected chi connectivity index (χ0v) is 20.4. The largest absolute Gasteiger partial charge is 0.480 e. The van der Waals surface area contributed by atoms with Crippen LogP contribution in [0.15, 0.2) is 24.3 Å². The number of hydrogen-bond acceptors (Lipinski definition) is 4. The number of nitrogens with zero attached hydrogens (tertiary/aromatic N) is 4. The Balaban J connectivity index is 1.47. The summed E-state index contributed by atoms with van der Waals surface area (Å²) in [5.74, 6) is -0.691. The van der Waals surface area contributed by atoms with E-state index in [2.05, 4.69) is 23.6 Å². The smallest absolute Gasteiger partial charge is 0.320 e. The van der Waals surface area contributed by atoms with E-state index in [-0.39, 0.29) is 18.0 Å². The van der Waals surface area contributed by atoms with Crippen LogP contribution in [-0.4, -0.2) is 62.6 Å². The molecular formula is C27H36N4O3. The van der Waals surface area contributed by atoms with Crippen LogP contribution >= 0.6 is 0 Å². The summed E-state index contributed by atoms with van der Waals surface area (Å²) >= 11 is 0. The molecule has 0 radical (unpaired) electrons. The predicted molar refractivity (Wildman–Crippen MR) is 131 cm³/mol. The topological polar surface area (TPSA) is 89.6 Å². The first kappa shape index (κ1) is 24.3. The number of aromatic nitrogens is 1. The van der Waals surface area contributed by atoms with Crippen molar-refractivity contribution in [2.45, 2.75) is 89.9 Å². The fraction of sp³-hybridized carbons (Fsp3) is 0.593. The Hall–Kier alpha value is -2.85. The van der Waals surface area contributed by atoms with Crippen molar-refractivity contribution in [3.05, 3.63) is 35.5 Å². The number of amides is 1. The van der Waals surface area contributed by atoms with Gasteiger partial charge in [0, 0.05) is 30.3 Å². The van der Waals surface area contributed by atoms with Gasteiger partial charge in [-0.25, -0.2) is 0 Å². The maximum atomic E-state index is 13.6. The van der Waals surface area contributed by atoms with Gasteiger partial charge in [-0.1, -0.05) is 19.4 Å². The van der Waals surface area contributed by atoms with Gasteiger partial charge in [-0.3, -0.25) is 14.5 Å². The second-order valence-corrected chi connectivity index (χ2v) is 9.67. The van der Waals surface area contributed by atoms with Crippen LogP contribution in [0.4, 0.5) is 0 Å². The van der Waals surface area contributed by atoms with Crippen molar-refractivity contribution in [3.8, 4) is 6.07 Å². The van der Waals surface area contributed by atoms with Gasteiger partial charge in [0.15, 0.2) is 0 Å². The van der Waals surface area contributed by atoms with Gasteiger partial charge < -0.3 is 14.6 Å². The fourth-order valence-electron chi connectivity index (χ4n) is 6.03. The van der Waals surface area contributed by atoms with E-state index < -0.39 is 12.0 Å². The summed E-state index contributed by atoms with van der Waals surface area (Å²) in [6.45, 7) is 6.41. The first-order valence-electron chi connectivity index (χ1n) is 12.8. The zero-order chi connectivity index (χ0) is 24.2. The Bertz CT molecular complexity index is 1090. The van der Waals surface area contributed by atoms with E-state index in [0.29, 0.717) is 18.5 Å². The van der Waals surface area contributed by atoms with Gasteiger partial charge in [0.2, 0.25) is 5.91 Å². The molecule has 0 bridgehead atoms. The van der Waals surface area contributed by atoms with Gasteiger partial charge in [0.05, 0.1) is 17.7 Å². The monoisotopic (exact) mass is 464 g/mol. The Morgan fingerprint density at radius 3 is 2.68 bits per heavy atom. The van der Waals surface area contributed by atoms with Crippen LogP contribution in [0, 0.1) is 11.3 Å². The molecule has 3 atom stereocenters. The lowest BCUT2D eigenvalue weighted by Crippen LogP contribution is -2.52. The summed E-state index contributed by atoms with van der Waals surface area (Å²) in [4.78, 5) is 29.5. The molecule has 1 aromatic heterocycles. The van der Waals surface area contributed by atoms with Crippen LogP contribution in [0.1, 0.15) is 70.1 Å².